The van der Waals surface area contributed by atoms with Crippen molar-refractivity contribution in [2.24, 2.45) is 0 Å². The van der Waals surface area contributed by atoms with E-state index in [-0.39, 0.29) is 12.6 Å². The lowest BCUT2D eigenvalue weighted by molar-refractivity contribution is -0.247. The molecule has 0 aromatic heterocycles. The van der Waals surface area contributed by atoms with Gasteiger partial charge in [0.15, 0.2) is 6.29 Å². The highest BCUT2D eigenvalue weighted by Gasteiger charge is 2.62. The minimum absolute atomic E-state index is 0.241. The number of rotatable bonds is 22. The van der Waals surface area contributed by atoms with Gasteiger partial charge in [-0.05, 0) is 39.8 Å². The molecule has 0 aliphatic carbocycles. The molecule has 3 aliphatic rings. The molecule has 338 valence electrons. The first-order valence-corrected chi connectivity index (χ1v) is 22.7. The lowest BCUT2D eigenvalue weighted by atomic mass is 9.96. The van der Waals surface area contributed by atoms with Gasteiger partial charge in [-0.3, -0.25) is 4.84 Å². The van der Waals surface area contributed by atoms with E-state index in [1.165, 1.54) is 0 Å². The maximum Gasteiger partial charge on any atom is 0.186 e. The molecular formula is C55H59NO9. The van der Waals surface area contributed by atoms with Gasteiger partial charge in [0, 0.05) is 7.11 Å². The van der Waals surface area contributed by atoms with Gasteiger partial charge in [0.25, 0.3) is 0 Å². The third-order valence-electron chi connectivity index (χ3n) is 12.4. The van der Waals surface area contributed by atoms with Crippen LogP contribution in [0.5, 0.6) is 0 Å². The van der Waals surface area contributed by atoms with Gasteiger partial charge in [0.1, 0.15) is 42.7 Å². The predicted octanol–water partition coefficient (Wildman–Crippen LogP) is 9.26. The second-order valence-corrected chi connectivity index (χ2v) is 16.9. The van der Waals surface area contributed by atoms with Crippen LogP contribution in [-0.2, 0) is 82.4 Å². The van der Waals surface area contributed by atoms with Crippen LogP contribution in [0.3, 0.4) is 0 Å². The molecule has 0 radical (unpaired) electrons. The third kappa shape index (κ3) is 11.7. The molecule has 0 saturated carbocycles. The van der Waals surface area contributed by atoms with Gasteiger partial charge in [0.05, 0.1) is 58.3 Å². The molecular weight excluding hydrogens is 819 g/mol. The van der Waals surface area contributed by atoms with Crippen molar-refractivity contribution in [1.82, 2.24) is 5.06 Å². The van der Waals surface area contributed by atoms with Crippen molar-refractivity contribution in [1.29, 1.82) is 0 Å². The molecule has 3 heterocycles. The Bertz CT molecular complexity index is 2260. The lowest BCUT2D eigenvalue weighted by Crippen LogP contribution is -2.51. The van der Waals surface area contributed by atoms with Gasteiger partial charge in [0.2, 0.25) is 0 Å². The largest absolute Gasteiger partial charge is 0.374 e. The highest BCUT2D eigenvalue weighted by atomic mass is 16.8. The molecule has 3 fully saturated rings. The van der Waals surface area contributed by atoms with Crippen LogP contribution in [0.15, 0.2) is 182 Å². The van der Waals surface area contributed by atoms with Gasteiger partial charge in [-0.25, -0.2) is 0 Å². The number of hydrogen-bond donors (Lipinski definition) is 0. The Labute approximate surface area is 382 Å². The third-order valence-corrected chi connectivity index (χ3v) is 12.4. The number of hydrogen-bond acceptors (Lipinski definition) is 10. The average Bonchev–Trinajstić information content (AvgIpc) is 4.04. The minimum atomic E-state index is -0.695. The quantitative estimate of drug-likeness (QED) is 0.0658. The minimum Gasteiger partial charge on any atom is -0.374 e. The van der Waals surface area contributed by atoms with Crippen molar-refractivity contribution in [2.45, 2.75) is 107 Å². The number of ether oxygens (including phenoxy) is 8. The van der Waals surface area contributed by atoms with E-state index < -0.39 is 55.1 Å². The highest BCUT2D eigenvalue weighted by Crippen LogP contribution is 2.45. The van der Waals surface area contributed by atoms with Crippen LogP contribution in [-0.4, -0.2) is 79.9 Å². The van der Waals surface area contributed by atoms with E-state index in [9.17, 15) is 0 Å². The predicted molar refractivity (Wildman–Crippen MR) is 246 cm³/mol. The fourth-order valence-corrected chi connectivity index (χ4v) is 9.18. The Kier molecular flexibility index (Phi) is 15.9. The van der Waals surface area contributed by atoms with Gasteiger partial charge < -0.3 is 37.9 Å². The van der Waals surface area contributed by atoms with Crippen LogP contribution in [0.4, 0.5) is 0 Å². The molecule has 3 saturated heterocycles. The molecule has 9 rings (SSSR count). The van der Waals surface area contributed by atoms with Crippen molar-refractivity contribution in [3.8, 4) is 0 Å². The first kappa shape index (κ1) is 45.1. The van der Waals surface area contributed by atoms with Crippen LogP contribution in [0, 0.1) is 0 Å². The van der Waals surface area contributed by atoms with Gasteiger partial charge in [-0.2, -0.15) is 5.06 Å². The summed E-state index contributed by atoms with van der Waals surface area (Å²) in [6.07, 6.45) is -3.57. The summed E-state index contributed by atoms with van der Waals surface area (Å²) in [6, 6.07) is 60.5. The Balaban J connectivity index is 1.05. The monoisotopic (exact) mass is 877 g/mol. The van der Waals surface area contributed by atoms with E-state index in [1.807, 2.05) is 109 Å². The molecule has 0 N–H and O–H groups in total. The maximum absolute atomic E-state index is 7.25. The molecule has 0 bridgehead atoms. The molecule has 65 heavy (non-hydrogen) atoms. The lowest BCUT2D eigenvalue weighted by Gasteiger charge is -2.35. The highest BCUT2D eigenvalue weighted by molar-refractivity contribution is 5.19. The second-order valence-electron chi connectivity index (χ2n) is 16.9. The molecule has 6 aromatic rings. The van der Waals surface area contributed by atoms with Gasteiger partial charge in [-0.1, -0.05) is 182 Å². The van der Waals surface area contributed by atoms with Crippen molar-refractivity contribution in [3.63, 3.8) is 0 Å². The summed E-state index contributed by atoms with van der Waals surface area (Å²) in [5, 5.41) is 2.08. The van der Waals surface area contributed by atoms with Gasteiger partial charge >= 0.3 is 0 Å². The zero-order chi connectivity index (χ0) is 44.0. The van der Waals surface area contributed by atoms with Crippen molar-refractivity contribution in [2.75, 3.05) is 13.7 Å². The normalized spacial score (nSPS) is 25.7. The van der Waals surface area contributed by atoms with Crippen LogP contribution in [0.2, 0.25) is 0 Å². The Morgan fingerprint density at radius 3 is 1.34 bits per heavy atom. The van der Waals surface area contributed by atoms with E-state index in [0.29, 0.717) is 46.1 Å². The molecule has 10 nitrogen and oxygen atoms in total. The van der Waals surface area contributed by atoms with E-state index in [4.69, 9.17) is 42.7 Å². The summed E-state index contributed by atoms with van der Waals surface area (Å²) < 4.78 is 54.0. The van der Waals surface area contributed by atoms with Crippen molar-refractivity contribution < 1.29 is 42.7 Å². The molecule has 10 atom stereocenters. The summed E-state index contributed by atoms with van der Waals surface area (Å²) in [4.78, 5) is 7.25. The van der Waals surface area contributed by atoms with Crippen LogP contribution in [0.25, 0.3) is 0 Å². The zero-order valence-corrected chi connectivity index (χ0v) is 36.9. The Morgan fingerprint density at radius 2 is 0.877 bits per heavy atom. The SMILES string of the molecule is CO[C@@H]1O[C@@H]([C@@H]2C[C@H]3[C@H](OCc4ccccc4)[C@@H](OCc4ccccc4)[C@@H]([C@@H](COCc4ccccc4)OCc4ccccc4)N3O2)[C@H](OCc2ccccc2)[C@H]1OCc1ccccc1. The van der Waals surface area contributed by atoms with Crippen LogP contribution in [0.1, 0.15) is 39.8 Å². The van der Waals surface area contributed by atoms with Crippen LogP contribution >= 0.6 is 0 Å². The fourth-order valence-electron chi connectivity index (χ4n) is 9.18. The van der Waals surface area contributed by atoms with Crippen LogP contribution < -0.4 is 0 Å². The number of hydroxylamine groups is 2. The average molecular weight is 878 g/mol. The molecule has 0 spiro atoms. The molecule has 0 unspecified atom stereocenters. The van der Waals surface area contributed by atoms with E-state index >= 15 is 0 Å². The topological polar surface area (TPSA) is 86.3 Å². The number of fused-ring (bicyclic) bond motifs is 1. The molecule has 6 aromatic carbocycles. The van der Waals surface area contributed by atoms with E-state index in [1.54, 1.807) is 7.11 Å². The molecule has 0 amide bonds. The zero-order valence-electron chi connectivity index (χ0n) is 36.9. The summed E-state index contributed by atoms with van der Waals surface area (Å²) in [5.74, 6) is 0. The first-order chi connectivity index (χ1) is 32.2. The number of methoxy groups -OCH3 is 1. The first-order valence-electron chi connectivity index (χ1n) is 22.7. The van der Waals surface area contributed by atoms with Crippen molar-refractivity contribution >= 4 is 0 Å². The summed E-state index contributed by atoms with van der Waals surface area (Å²) >= 11 is 0. The smallest absolute Gasteiger partial charge is 0.186 e. The van der Waals surface area contributed by atoms with E-state index in [0.717, 1.165) is 33.4 Å². The Hall–Kier alpha value is -5.08. The molecule has 3 aliphatic heterocycles. The standard InChI is InChI=1S/C55H59NO9/c1-57-55-54(63-38-45-30-18-7-19-31-45)53(62-37-44-28-16-6-17-29-44)51(64-55)47-32-46-50(60-35-42-24-12-4-13-25-42)52(61-36-43-26-14-5-15-27-43)49(56(46)65-47)48(59-34-41-22-10-3-11-23-41)39-58-33-40-20-8-2-9-21-40/h2-31,46-55H,32-39H2,1H3/t46-,47-,48+,49+,50-,51-,52-,53-,54+,55+/m0/s1. The van der Waals surface area contributed by atoms with E-state index in [2.05, 4.69) is 77.9 Å². The number of nitrogens with zero attached hydrogens (tertiary/aromatic N) is 1. The summed E-state index contributed by atoms with van der Waals surface area (Å²) in [6.45, 7) is 2.58. The molecule has 10 heteroatoms. The maximum atomic E-state index is 7.25. The fraction of sp³-hybridized carbons (Fsp3) is 0.345. The Morgan fingerprint density at radius 1 is 0.477 bits per heavy atom. The summed E-state index contributed by atoms with van der Waals surface area (Å²) in [5.41, 5.74) is 6.35. The van der Waals surface area contributed by atoms with Gasteiger partial charge in [-0.15, -0.1) is 0 Å². The second kappa shape index (κ2) is 22.9. The van der Waals surface area contributed by atoms with Crippen molar-refractivity contribution in [3.05, 3.63) is 215 Å². The summed E-state index contributed by atoms with van der Waals surface area (Å²) in [7, 11) is 1.65. The number of benzene rings is 6.